The van der Waals surface area contributed by atoms with E-state index in [0.717, 1.165) is 45.0 Å². The van der Waals surface area contributed by atoms with Crippen molar-refractivity contribution in [3.05, 3.63) is 47.6 Å². The molecule has 2 aromatic rings. The lowest BCUT2D eigenvalue weighted by molar-refractivity contribution is 0.0529. The van der Waals surface area contributed by atoms with Crippen LogP contribution in [-0.4, -0.2) is 63.9 Å². The molecule has 0 amide bonds. The van der Waals surface area contributed by atoms with Crippen molar-refractivity contribution in [3.8, 4) is 0 Å². The number of aromatic nitrogens is 2. The first-order valence-corrected chi connectivity index (χ1v) is 9.16. The Morgan fingerprint density at radius 3 is 2.52 bits per heavy atom. The highest BCUT2D eigenvalue weighted by atomic mass is 16.5. The summed E-state index contributed by atoms with van der Waals surface area (Å²) in [6.07, 6.45) is 1.18. The number of aliphatic hydroxyl groups is 1. The molecule has 1 N–H and O–H groups in total. The second-order valence-corrected chi connectivity index (χ2v) is 6.76. The zero-order valence-corrected chi connectivity index (χ0v) is 15.1. The molecular formula is C19H28N4O2. The molecule has 1 fully saturated rings. The quantitative estimate of drug-likeness (QED) is 0.828. The van der Waals surface area contributed by atoms with Gasteiger partial charge in [0, 0.05) is 39.1 Å². The maximum absolute atomic E-state index is 10.3. The molecule has 2 unspecified atom stereocenters. The Labute approximate surface area is 149 Å². The van der Waals surface area contributed by atoms with Crippen molar-refractivity contribution in [3.63, 3.8) is 0 Å². The third-order valence-corrected chi connectivity index (χ3v) is 4.90. The molecule has 0 spiro atoms. The van der Waals surface area contributed by atoms with E-state index < -0.39 is 0 Å². The third-order valence-electron chi connectivity index (χ3n) is 4.90. The van der Waals surface area contributed by atoms with Crippen LogP contribution >= 0.6 is 0 Å². The van der Waals surface area contributed by atoms with Crippen LogP contribution in [0.4, 0.5) is 0 Å². The number of hydrogen-bond acceptors (Lipinski definition) is 6. The lowest BCUT2D eigenvalue weighted by Gasteiger charge is -2.37. The molecule has 1 saturated heterocycles. The number of aryl methyl sites for hydroxylation is 1. The molecule has 1 aliphatic heterocycles. The van der Waals surface area contributed by atoms with Gasteiger partial charge in [0.15, 0.2) is 5.82 Å². The van der Waals surface area contributed by atoms with Gasteiger partial charge in [-0.1, -0.05) is 42.4 Å². The summed E-state index contributed by atoms with van der Waals surface area (Å²) in [6.45, 7) is 8.66. The van der Waals surface area contributed by atoms with Gasteiger partial charge in [-0.15, -0.1) is 0 Å². The van der Waals surface area contributed by atoms with Crippen molar-refractivity contribution in [1.82, 2.24) is 19.9 Å². The van der Waals surface area contributed by atoms with Gasteiger partial charge in [-0.25, -0.2) is 0 Å². The van der Waals surface area contributed by atoms with Crippen molar-refractivity contribution < 1.29 is 9.63 Å². The van der Waals surface area contributed by atoms with E-state index in [0.29, 0.717) is 12.3 Å². The molecule has 0 aliphatic carbocycles. The van der Waals surface area contributed by atoms with E-state index in [4.69, 9.17) is 4.52 Å². The molecule has 6 heteroatoms. The Kier molecular flexibility index (Phi) is 6.18. The maximum Gasteiger partial charge on any atom is 0.243 e. The Hall–Kier alpha value is -1.76. The van der Waals surface area contributed by atoms with Crippen molar-refractivity contribution in [2.45, 2.75) is 38.8 Å². The number of aliphatic hydroxyl groups excluding tert-OH is 1. The Bertz CT molecular complexity index is 638. The number of nitrogens with zero attached hydrogens (tertiary/aromatic N) is 4. The van der Waals surface area contributed by atoms with Gasteiger partial charge in [0.25, 0.3) is 0 Å². The van der Waals surface area contributed by atoms with Gasteiger partial charge in [0.2, 0.25) is 5.89 Å². The average molecular weight is 344 g/mol. The van der Waals surface area contributed by atoms with Crippen LogP contribution in [0, 0.1) is 0 Å². The van der Waals surface area contributed by atoms with Crippen LogP contribution in [-0.2, 0) is 12.8 Å². The minimum atomic E-state index is -0.325. The summed E-state index contributed by atoms with van der Waals surface area (Å²) in [4.78, 5) is 9.15. The number of piperazine rings is 1. The van der Waals surface area contributed by atoms with Gasteiger partial charge >= 0.3 is 0 Å². The van der Waals surface area contributed by atoms with Crippen molar-refractivity contribution >= 4 is 0 Å². The first-order valence-electron chi connectivity index (χ1n) is 9.16. The molecule has 1 aromatic heterocycles. The van der Waals surface area contributed by atoms with Crippen LogP contribution < -0.4 is 0 Å². The Balaban J connectivity index is 1.45. The van der Waals surface area contributed by atoms with Gasteiger partial charge in [0.05, 0.1) is 12.1 Å². The smallest absolute Gasteiger partial charge is 0.243 e. The van der Waals surface area contributed by atoms with Gasteiger partial charge < -0.3 is 9.63 Å². The second kappa shape index (κ2) is 8.56. The normalized spacial score (nSPS) is 19.0. The first kappa shape index (κ1) is 18.0. The molecule has 25 heavy (non-hydrogen) atoms. The molecule has 2 atom stereocenters. The highest BCUT2D eigenvalue weighted by Crippen LogP contribution is 2.20. The van der Waals surface area contributed by atoms with E-state index in [-0.39, 0.29) is 12.1 Å². The number of benzene rings is 1. The Morgan fingerprint density at radius 1 is 1.16 bits per heavy atom. The molecule has 1 aromatic carbocycles. The number of rotatable bonds is 7. The fraction of sp³-hybridized carbons (Fsp3) is 0.579. The molecule has 0 radical (unpaired) electrons. The van der Waals surface area contributed by atoms with E-state index in [2.05, 4.69) is 39.0 Å². The van der Waals surface area contributed by atoms with E-state index in [9.17, 15) is 5.11 Å². The topological polar surface area (TPSA) is 65.6 Å². The van der Waals surface area contributed by atoms with Gasteiger partial charge in [0.1, 0.15) is 0 Å². The average Bonchev–Trinajstić information content (AvgIpc) is 3.12. The number of β-amino-alcohol motifs (C(OH)–C–C–N with tert-alkyl or cyclic N) is 1. The standard InChI is InChI=1S/C19H28N4O2/c1-3-18-20-19(25-21-18)15(2)23-11-9-22(10-12-23)14-17(24)13-16-7-5-4-6-8-16/h4-8,15,17,24H,3,9-14H2,1-2H3. The van der Waals surface area contributed by atoms with Crippen LogP contribution in [0.2, 0.25) is 0 Å². The fourth-order valence-corrected chi connectivity index (χ4v) is 3.32. The largest absolute Gasteiger partial charge is 0.391 e. The predicted octanol–water partition coefficient (Wildman–Crippen LogP) is 1.91. The molecule has 6 nitrogen and oxygen atoms in total. The molecule has 2 heterocycles. The summed E-state index contributed by atoms with van der Waals surface area (Å²) in [6, 6.07) is 10.3. The molecule has 0 saturated carbocycles. The SMILES string of the molecule is CCc1noc(C(C)N2CCN(CC(O)Cc3ccccc3)CC2)n1. The van der Waals surface area contributed by atoms with Gasteiger partial charge in [-0.05, 0) is 18.9 Å². The van der Waals surface area contributed by atoms with E-state index >= 15 is 0 Å². The van der Waals surface area contributed by atoms with Crippen LogP contribution in [0.3, 0.4) is 0 Å². The Morgan fingerprint density at radius 2 is 1.88 bits per heavy atom. The van der Waals surface area contributed by atoms with Crippen molar-refractivity contribution in [1.29, 1.82) is 0 Å². The maximum atomic E-state index is 10.3. The summed E-state index contributed by atoms with van der Waals surface area (Å²) in [5.74, 6) is 1.47. The first-order chi connectivity index (χ1) is 12.2. The number of hydrogen-bond donors (Lipinski definition) is 1. The summed E-state index contributed by atoms with van der Waals surface area (Å²) < 4.78 is 5.37. The summed E-state index contributed by atoms with van der Waals surface area (Å²) >= 11 is 0. The van der Waals surface area contributed by atoms with Crippen LogP contribution in [0.25, 0.3) is 0 Å². The zero-order chi connectivity index (χ0) is 17.6. The lowest BCUT2D eigenvalue weighted by atomic mass is 10.1. The molecule has 1 aliphatic rings. The molecule has 3 rings (SSSR count). The summed E-state index contributed by atoms with van der Waals surface area (Å²) in [7, 11) is 0. The fourth-order valence-electron chi connectivity index (χ4n) is 3.32. The van der Waals surface area contributed by atoms with Crippen molar-refractivity contribution in [2.24, 2.45) is 0 Å². The predicted molar refractivity (Wildman–Crippen MR) is 96.3 cm³/mol. The molecule has 0 bridgehead atoms. The third kappa shape index (κ3) is 4.87. The van der Waals surface area contributed by atoms with Crippen LogP contribution in [0.1, 0.15) is 37.2 Å². The highest BCUT2D eigenvalue weighted by molar-refractivity contribution is 5.15. The summed E-state index contributed by atoms with van der Waals surface area (Å²) in [5.41, 5.74) is 1.19. The van der Waals surface area contributed by atoms with Gasteiger partial charge in [-0.2, -0.15) is 4.98 Å². The minimum absolute atomic E-state index is 0.143. The highest BCUT2D eigenvalue weighted by Gasteiger charge is 2.26. The second-order valence-electron chi connectivity index (χ2n) is 6.76. The summed E-state index contributed by atoms with van der Waals surface area (Å²) in [5, 5.41) is 14.3. The van der Waals surface area contributed by atoms with E-state index in [1.54, 1.807) is 0 Å². The van der Waals surface area contributed by atoms with Crippen LogP contribution in [0.5, 0.6) is 0 Å². The minimum Gasteiger partial charge on any atom is -0.391 e. The van der Waals surface area contributed by atoms with Crippen LogP contribution in [0.15, 0.2) is 34.9 Å². The molecule has 136 valence electrons. The monoisotopic (exact) mass is 344 g/mol. The van der Waals surface area contributed by atoms with Gasteiger partial charge in [-0.3, -0.25) is 9.80 Å². The molecular weight excluding hydrogens is 316 g/mol. The zero-order valence-electron chi connectivity index (χ0n) is 15.1. The van der Waals surface area contributed by atoms with E-state index in [1.807, 2.05) is 25.1 Å². The van der Waals surface area contributed by atoms with E-state index in [1.165, 1.54) is 5.56 Å². The lowest BCUT2D eigenvalue weighted by Crippen LogP contribution is -2.49. The van der Waals surface area contributed by atoms with Crippen molar-refractivity contribution in [2.75, 3.05) is 32.7 Å².